The normalized spacial score (nSPS) is 15.1. The molecule has 1 aliphatic rings. The van der Waals surface area contributed by atoms with E-state index < -0.39 is 0 Å². The average Bonchev–Trinajstić information content (AvgIpc) is 1.93. The van der Waals surface area contributed by atoms with Gasteiger partial charge in [-0.25, -0.2) is 0 Å². The summed E-state index contributed by atoms with van der Waals surface area (Å²) in [4.78, 5) is 4.20. The SMILES string of the molecule is CC1=C[C-](C)C=C(C)N=C1.[CH3-].[Lr]. The van der Waals surface area contributed by atoms with Crippen molar-refractivity contribution in [2.75, 3.05) is 0 Å². The molecule has 2 heteroatoms. The van der Waals surface area contributed by atoms with Gasteiger partial charge in [0, 0.05) is 0 Å². The Morgan fingerprint density at radius 1 is 1.25 bits per heavy atom. The second-order valence-corrected chi connectivity index (χ2v) is 2.68. The Hall–Kier alpha value is -1.98. The van der Waals surface area contributed by atoms with Crippen LogP contribution in [-0.4, -0.2) is 6.21 Å². The summed E-state index contributed by atoms with van der Waals surface area (Å²) in [7, 11) is 0. The Morgan fingerprint density at radius 2 is 1.83 bits per heavy atom. The first-order valence-electron chi connectivity index (χ1n) is 3.43. The number of nitrogens with zero attached hydrogens (tertiary/aromatic N) is 1. The summed E-state index contributed by atoms with van der Waals surface area (Å²) in [5, 5.41) is 0. The fourth-order valence-corrected chi connectivity index (χ4v) is 1.01. The van der Waals surface area contributed by atoms with Crippen LogP contribution in [0.2, 0.25) is 0 Å². The summed E-state index contributed by atoms with van der Waals surface area (Å²) in [6.45, 7) is 6.15. The van der Waals surface area contributed by atoms with E-state index in [9.17, 15) is 0 Å². The molecule has 0 saturated carbocycles. The first kappa shape index (κ1) is 12.7. The summed E-state index contributed by atoms with van der Waals surface area (Å²) < 4.78 is 0. The molecule has 77 valence electrons. The Kier molecular flexibility index (Phi) is 5.05. The number of allylic oxidation sites excluding steroid dienone is 4. The van der Waals surface area contributed by atoms with Crippen molar-refractivity contribution < 1.29 is 0 Å². The first-order valence-corrected chi connectivity index (χ1v) is 3.43. The topological polar surface area (TPSA) is 12.4 Å². The van der Waals surface area contributed by atoms with Crippen LogP contribution >= 0.6 is 0 Å². The van der Waals surface area contributed by atoms with Crippen LogP contribution in [0.25, 0.3) is 0 Å². The van der Waals surface area contributed by atoms with Gasteiger partial charge >= 0.3 is 0 Å². The number of hydrogen-bond acceptors (Lipinski definition) is 1. The smallest absolute Gasteiger partial charge is 0 e. The molecule has 0 spiro atoms. The molecule has 0 N–H and O–H groups in total. The van der Waals surface area contributed by atoms with Crippen LogP contribution in [0.4, 0.5) is 0 Å². The van der Waals surface area contributed by atoms with E-state index in [0.717, 1.165) is 5.70 Å². The van der Waals surface area contributed by atoms with Crippen molar-refractivity contribution in [1.29, 1.82) is 0 Å². The van der Waals surface area contributed by atoms with Gasteiger partial charge in [0.15, 0.2) is 0 Å². The van der Waals surface area contributed by atoms with Gasteiger partial charge in [-0.2, -0.15) is 12.0 Å². The van der Waals surface area contributed by atoms with Crippen LogP contribution in [0.3, 0.4) is 0 Å². The fraction of sp³-hybridized carbons (Fsp3) is 0.300. The quantitative estimate of drug-likeness (QED) is 0.544. The molecule has 1 heterocycles. The summed E-state index contributed by atoms with van der Waals surface area (Å²) in [5.41, 5.74) is 2.29. The molecule has 12 heavy (non-hydrogen) atoms. The summed E-state index contributed by atoms with van der Waals surface area (Å²) in [6.07, 6.45) is 6.09. The van der Waals surface area contributed by atoms with Crippen LogP contribution in [0.5, 0.6) is 0 Å². The monoisotopic (exact) mass is 411 g/mol. The zero-order valence-corrected chi connectivity index (χ0v) is 10.1. The maximum atomic E-state index is 4.20. The number of hydrogen-bond donors (Lipinski definition) is 0. The fourth-order valence-electron chi connectivity index (χ4n) is 1.01. The van der Waals surface area contributed by atoms with Crippen LogP contribution in [-0.2, 0) is 0 Å². The number of aliphatic imine (C=N–C) groups is 1. The second-order valence-electron chi connectivity index (χ2n) is 2.68. The van der Waals surface area contributed by atoms with E-state index in [4.69, 9.17) is 0 Å². The van der Waals surface area contributed by atoms with Crippen molar-refractivity contribution in [3.05, 3.63) is 36.8 Å². The molecule has 0 aromatic carbocycles. The van der Waals surface area contributed by atoms with Gasteiger partial charge in [-0.15, -0.1) is 11.6 Å². The van der Waals surface area contributed by atoms with E-state index in [1.54, 1.807) is 0 Å². The predicted octanol–water partition coefficient (Wildman–Crippen LogP) is 2.97. The van der Waals surface area contributed by atoms with E-state index in [1.165, 1.54) is 11.5 Å². The maximum Gasteiger partial charge on any atom is 0 e. The minimum absolute atomic E-state index is 0. The van der Waals surface area contributed by atoms with Crippen LogP contribution in [0, 0.1) is 13.3 Å². The molecule has 0 fully saturated rings. The first-order chi connectivity index (χ1) is 4.68. The van der Waals surface area contributed by atoms with E-state index >= 15 is 0 Å². The van der Waals surface area contributed by atoms with E-state index in [2.05, 4.69) is 31.0 Å². The largest absolute Gasteiger partial charge is 0.358 e. The summed E-state index contributed by atoms with van der Waals surface area (Å²) in [5.74, 6) is 1.27. The molecule has 1 aliphatic heterocycles. The third-order valence-electron chi connectivity index (χ3n) is 1.36. The Labute approximate surface area is 69.5 Å². The van der Waals surface area contributed by atoms with Crippen LogP contribution < -0.4 is 0 Å². The second kappa shape index (κ2) is 4.78. The van der Waals surface area contributed by atoms with Crippen molar-refractivity contribution in [1.82, 2.24) is 0 Å². The molecule has 0 unspecified atom stereocenters. The van der Waals surface area contributed by atoms with Gasteiger partial charge in [0.2, 0.25) is 0 Å². The van der Waals surface area contributed by atoms with E-state index in [-0.39, 0.29) is 7.43 Å². The molecular formula is C10H15LrN-2. The van der Waals surface area contributed by atoms with Crippen LogP contribution in [0.15, 0.2) is 28.4 Å². The third-order valence-corrected chi connectivity index (χ3v) is 1.36. The van der Waals surface area contributed by atoms with Crippen molar-refractivity contribution in [2.24, 2.45) is 4.99 Å². The van der Waals surface area contributed by atoms with E-state index in [0.29, 0.717) is 0 Å². The average molecular weight is 411 g/mol. The van der Waals surface area contributed by atoms with Gasteiger partial charge in [0.05, 0.1) is 0 Å². The molecule has 0 bridgehead atoms. The summed E-state index contributed by atoms with van der Waals surface area (Å²) in [6, 6.07) is 0. The molecule has 0 saturated heterocycles. The molecule has 0 amide bonds. The Balaban J connectivity index is 0. The minimum atomic E-state index is 0. The minimum Gasteiger partial charge on any atom is -0.358 e. The van der Waals surface area contributed by atoms with Crippen molar-refractivity contribution in [3.63, 3.8) is 0 Å². The standard InChI is InChI=1S/C9H12N.CH3.Lr/c1-7-4-8(2)6-10-9(3)5-7;;/h4-6H,1-3H3;1H3;/q2*-1;. The van der Waals surface area contributed by atoms with E-state index in [1.807, 2.05) is 13.1 Å². The van der Waals surface area contributed by atoms with Crippen molar-refractivity contribution in [2.45, 2.75) is 20.8 Å². The van der Waals surface area contributed by atoms with Crippen LogP contribution in [0.1, 0.15) is 20.8 Å². The zero-order valence-electron chi connectivity index (χ0n) is 7.94. The van der Waals surface area contributed by atoms with Gasteiger partial charge in [-0.1, -0.05) is 26.5 Å². The van der Waals surface area contributed by atoms with Gasteiger partial charge in [0.25, 0.3) is 0 Å². The molecule has 1 rings (SSSR count). The molecule has 0 aliphatic carbocycles. The molecule has 0 atom stereocenters. The predicted molar refractivity (Wildman–Crippen MR) is 51.3 cm³/mol. The number of rotatable bonds is 0. The zero-order chi connectivity index (χ0) is 7.56. The maximum absolute atomic E-state index is 4.20. The van der Waals surface area contributed by atoms with Gasteiger partial charge < -0.3 is 12.4 Å². The summed E-state index contributed by atoms with van der Waals surface area (Å²) >= 11 is 0. The van der Waals surface area contributed by atoms with Crippen molar-refractivity contribution in [3.8, 4) is 0 Å². The molecule has 1 radical (unpaired) electrons. The van der Waals surface area contributed by atoms with Gasteiger partial charge in [-0.05, 0) is 6.21 Å². The Bertz CT molecular complexity index is 192. The molecule has 1 nitrogen and oxygen atoms in total. The molecule has 0 aromatic heterocycles. The Morgan fingerprint density at radius 3 is 2.42 bits per heavy atom. The molecular weight excluding hydrogens is 396 g/mol. The molecule has 0 aromatic rings. The van der Waals surface area contributed by atoms with Gasteiger partial charge in [-0.3, -0.25) is 0 Å². The third kappa shape index (κ3) is 3.25. The van der Waals surface area contributed by atoms with Gasteiger partial charge in [0.1, 0.15) is 0 Å². The van der Waals surface area contributed by atoms with Crippen molar-refractivity contribution >= 4 is 6.21 Å².